The summed E-state index contributed by atoms with van der Waals surface area (Å²) < 4.78 is 41.9. The molecule has 1 saturated heterocycles. The van der Waals surface area contributed by atoms with Crippen LogP contribution in [0.1, 0.15) is 49.9 Å². The molecule has 4 atom stereocenters. The van der Waals surface area contributed by atoms with Crippen molar-refractivity contribution in [2.75, 3.05) is 39.0 Å². The van der Waals surface area contributed by atoms with E-state index >= 15 is 0 Å². The average Bonchev–Trinajstić information content (AvgIpc) is 3.08. The van der Waals surface area contributed by atoms with Gasteiger partial charge >= 0.3 is 6.18 Å². The van der Waals surface area contributed by atoms with Crippen molar-refractivity contribution in [2.24, 2.45) is 11.8 Å². The van der Waals surface area contributed by atoms with Gasteiger partial charge in [-0.15, -0.1) is 0 Å². The Morgan fingerprint density at radius 3 is 2.31 bits per heavy atom. The number of likely N-dealkylation sites (N-methyl/N-ethyl adjacent to an activating group) is 1. The number of nitrogens with zero attached hydrogens (tertiary/aromatic N) is 5. The molecular weight excluding hydrogens is 417 g/mol. The zero-order chi connectivity index (χ0) is 22.8. The Bertz CT molecular complexity index is 980. The first-order chi connectivity index (χ1) is 15.1. The van der Waals surface area contributed by atoms with Crippen molar-refractivity contribution in [3.8, 4) is 11.3 Å². The zero-order valence-electron chi connectivity index (χ0n) is 18.8. The van der Waals surface area contributed by atoms with Gasteiger partial charge in [0.2, 0.25) is 0 Å². The summed E-state index contributed by atoms with van der Waals surface area (Å²) in [5.74, 6) is 1.25. The van der Waals surface area contributed by atoms with E-state index < -0.39 is 17.6 Å². The number of hydrogen-bond donors (Lipinski definition) is 1. The number of hydrogen-bond acceptors (Lipinski definition) is 5. The molecule has 0 radical (unpaired) electrons. The van der Waals surface area contributed by atoms with Crippen LogP contribution in [-0.4, -0.2) is 63.8 Å². The first-order valence-electron chi connectivity index (χ1n) is 11.5. The minimum absolute atomic E-state index is 0.136. The van der Waals surface area contributed by atoms with Gasteiger partial charge in [0.05, 0.1) is 11.3 Å². The lowest BCUT2D eigenvalue weighted by molar-refractivity contribution is -0.137. The van der Waals surface area contributed by atoms with Crippen molar-refractivity contribution in [1.29, 1.82) is 0 Å². The van der Waals surface area contributed by atoms with Gasteiger partial charge in [-0.05, 0) is 57.7 Å². The molecule has 3 fully saturated rings. The van der Waals surface area contributed by atoms with Crippen LogP contribution in [0.3, 0.4) is 0 Å². The lowest BCUT2D eigenvalue weighted by Crippen LogP contribution is -2.48. The van der Waals surface area contributed by atoms with Crippen LogP contribution in [0.5, 0.6) is 0 Å². The Balaban J connectivity index is 1.36. The summed E-state index contributed by atoms with van der Waals surface area (Å²) in [5.41, 5.74) is 6.60. The Morgan fingerprint density at radius 2 is 1.72 bits per heavy atom. The van der Waals surface area contributed by atoms with Gasteiger partial charge in [0.15, 0.2) is 0 Å². The molecule has 0 amide bonds. The molecule has 2 N–H and O–H groups in total. The molecule has 32 heavy (non-hydrogen) atoms. The molecule has 0 unspecified atom stereocenters. The van der Waals surface area contributed by atoms with Gasteiger partial charge in [-0.25, -0.2) is 4.98 Å². The van der Waals surface area contributed by atoms with Crippen molar-refractivity contribution in [1.82, 2.24) is 24.6 Å². The quantitative estimate of drug-likeness (QED) is 0.770. The molecule has 3 aliphatic rings. The Morgan fingerprint density at radius 1 is 1.06 bits per heavy atom. The smallest absolute Gasteiger partial charge is 0.383 e. The van der Waals surface area contributed by atoms with Gasteiger partial charge in [0.25, 0.3) is 0 Å². The summed E-state index contributed by atoms with van der Waals surface area (Å²) in [6.45, 7) is 8.68. The molecule has 3 heterocycles. The number of alkyl halides is 3. The number of anilines is 1. The first-order valence-corrected chi connectivity index (χ1v) is 11.5. The zero-order valence-corrected chi connectivity index (χ0v) is 18.8. The van der Waals surface area contributed by atoms with E-state index in [1.807, 2.05) is 10.7 Å². The highest BCUT2D eigenvalue weighted by Crippen LogP contribution is 2.64. The molecule has 5 rings (SSSR count). The maximum Gasteiger partial charge on any atom is 0.419 e. The van der Waals surface area contributed by atoms with Gasteiger partial charge in [-0.2, -0.15) is 18.3 Å². The summed E-state index contributed by atoms with van der Waals surface area (Å²) in [6.07, 6.45) is -0.737. The number of aromatic nitrogens is 3. The van der Waals surface area contributed by atoms with Crippen molar-refractivity contribution < 1.29 is 13.2 Å². The summed E-state index contributed by atoms with van der Waals surface area (Å²) in [5, 5.41) is 4.69. The van der Waals surface area contributed by atoms with Crippen LogP contribution in [0.25, 0.3) is 11.3 Å². The van der Waals surface area contributed by atoms with E-state index in [1.165, 1.54) is 19.0 Å². The number of halogens is 3. The molecule has 9 heteroatoms. The molecule has 6 nitrogen and oxygen atoms in total. The van der Waals surface area contributed by atoms with Gasteiger partial charge in [0.1, 0.15) is 5.82 Å². The molecule has 2 saturated carbocycles. The number of nitrogen functional groups attached to an aromatic ring is 1. The molecule has 2 aliphatic carbocycles. The predicted octanol–water partition coefficient (Wildman–Crippen LogP) is 3.87. The van der Waals surface area contributed by atoms with Crippen LogP contribution in [0, 0.1) is 11.8 Å². The highest BCUT2D eigenvalue weighted by Gasteiger charge is 2.58. The minimum Gasteiger partial charge on any atom is -0.383 e. The van der Waals surface area contributed by atoms with Gasteiger partial charge in [0, 0.05) is 61.6 Å². The van der Waals surface area contributed by atoms with Gasteiger partial charge in [-0.3, -0.25) is 9.58 Å². The largest absolute Gasteiger partial charge is 0.419 e. The standard InChI is InChI=1S/C23H31F3N6/c1-13(2)32-20(11-19(29-32)14-8-18(23(24,25)26)22(27)28-12-14)21-16-9-15(10-17(16)21)31-6-4-30(3)5-7-31/h8,11-13,15-17,21H,4-7,9-10H2,1-3H3,(H2,27,28)/t15-,16+,17-,21-. The van der Waals surface area contributed by atoms with Crippen molar-refractivity contribution >= 4 is 5.82 Å². The van der Waals surface area contributed by atoms with Crippen LogP contribution in [0.15, 0.2) is 18.3 Å². The number of pyridine rings is 1. The summed E-state index contributed by atoms with van der Waals surface area (Å²) in [6, 6.07) is 3.84. The second-order valence-corrected chi connectivity index (χ2v) is 9.97. The Hall–Kier alpha value is -2.13. The van der Waals surface area contributed by atoms with E-state index in [9.17, 15) is 13.2 Å². The van der Waals surface area contributed by atoms with Crippen LogP contribution in [0.2, 0.25) is 0 Å². The Kier molecular flexibility index (Phi) is 5.24. The third-order valence-electron chi connectivity index (χ3n) is 7.59. The molecule has 2 aromatic heterocycles. The highest BCUT2D eigenvalue weighted by molar-refractivity contribution is 5.63. The van der Waals surface area contributed by atoms with Crippen molar-refractivity contribution in [3.63, 3.8) is 0 Å². The molecule has 2 aromatic rings. The summed E-state index contributed by atoms with van der Waals surface area (Å²) in [4.78, 5) is 8.82. The number of nitrogens with two attached hydrogens (primary N) is 1. The lowest BCUT2D eigenvalue weighted by Gasteiger charge is -2.37. The van der Waals surface area contributed by atoms with E-state index in [-0.39, 0.29) is 6.04 Å². The molecule has 0 aromatic carbocycles. The number of rotatable bonds is 4. The van der Waals surface area contributed by atoms with Crippen LogP contribution < -0.4 is 5.73 Å². The van der Waals surface area contributed by atoms with Crippen LogP contribution in [0.4, 0.5) is 19.0 Å². The first kappa shape index (κ1) is 21.7. The van der Waals surface area contributed by atoms with E-state index in [0.717, 1.165) is 37.9 Å². The van der Waals surface area contributed by atoms with E-state index in [2.05, 4.69) is 35.7 Å². The molecule has 0 bridgehead atoms. The minimum atomic E-state index is -4.54. The lowest BCUT2D eigenvalue weighted by atomic mass is 10.0. The fourth-order valence-electron chi connectivity index (χ4n) is 5.79. The van der Waals surface area contributed by atoms with E-state index in [0.29, 0.717) is 35.1 Å². The molecule has 174 valence electrons. The fraction of sp³-hybridized carbons (Fsp3) is 0.652. The van der Waals surface area contributed by atoms with E-state index in [1.54, 1.807) is 0 Å². The van der Waals surface area contributed by atoms with Crippen molar-refractivity contribution in [3.05, 3.63) is 29.6 Å². The summed E-state index contributed by atoms with van der Waals surface area (Å²) >= 11 is 0. The molecular formula is C23H31F3N6. The molecule has 1 aliphatic heterocycles. The normalized spacial score (nSPS) is 29.0. The third kappa shape index (κ3) is 3.79. The number of fused-ring (bicyclic) bond motifs is 1. The number of piperazine rings is 1. The monoisotopic (exact) mass is 448 g/mol. The highest BCUT2D eigenvalue weighted by atomic mass is 19.4. The summed E-state index contributed by atoms with van der Waals surface area (Å²) in [7, 11) is 2.18. The maximum atomic E-state index is 13.3. The van der Waals surface area contributed by atoms with E-state index in [4.69, 9.17) is 10.8 Å². The maximum absolute atomic E-state index is 13.3. The predicted molar refractivity (Wildman–Crippen MR) is 117 cm³/mol. The van der Waals surface area contributed by atoms with Crippen LogP contribution >= 0.6 is 0 Å². The SMILES string of the molecule is CC(C)n1nc(-c2cnc(N)c(C(F)(F)F)c2)cc1[C@H]1[C@@H]2C[C@H](N3CCN(C)CC3)C[C@@H]21. The third-order valence-corrected chi connectivity index (χ3v) is 7.59. The second kappa shape index (κ2) is 7.73. The molecule has 0 spiro atoms. The fourth-order valence-corrected chi connectivity index (χ4v) is 5.79. The van der Waals surface area contributed by atoms with Crippen LogP contribution in [-0.2, 0) is 6.18 Å². The Labute approximate surface area is 186 Å². The topological polar surface area (TPSA) is 63.2 Å². The van der Waals surface area contributed by atoms with Gasteiger partial charge in [-0.1, -0.05) is 0 Å². The average molecular weight is 449 g/mol. The second-order valence-electron chi connectivity index (χ2n) is 9.97. The van der Waals surface area contributed by atoms with Gasteiger partial charge < -0.3 is 10.6 Å². The van der Waals surface area contributed by atoms with Crippen molar-refractivity contribution in [2.45, 2.75) is 50.9 Å².